The van der Waals surface area contributed by atoms with Crippen molar-refractivity contribution < 1.29 is 9.47 Å². The summed E-state index contributed by atoms with van der Waals surface area (Å²) in [7, 11) is 0. The molecule has 1 saturated carbocycles. The highest BCUT2D eigenvalue weighted by atomic mass is 16.7. The minimum atomic E-state index is 0.516. The van der Waals surface area contributed by atoms with Crippen molar-refractivity contribution in [3.8, 4) is 0 Å². The van der Waals surface area contributed by atoms with Gasteiger partial charge in [0.2, 0.25) is 0 Å². The lowest BCUT2D eigenvalue weighted by Gasteiger charge is -2.31. The lowest BCUT2D eigenvalue weighted by Crippen LogP contribution is -2.27. The highest BCUT2D eigenvalue weighted by molar-refractivity contribution is 4.83. The maximum atomic E-state index is 5.40. The second kappa shape index (κ2) is 3.60. The standard InChI is InChI=1S/C11H18O2/c1-8-3-4-10-6-12-9(2)13-7-11(10)5-8/h8,10-11H,2-7H2,1H3. The molecule has 1 aliphatic heterocycles. The molecule has 2 aliphatic rings. The van der Waals surface area contributed by atoms with Crippen LogP contribution >= 0.6 is 0 Å². The number of hydrogen-bond donors (Lipinski definition) is 0. The quantitative estimate of drug-likeness (QED) is 0.573. The molecule has 0 aromatic heterocycles. The van der Waals surface area contributed by atoms with Gasteiger partial charge in [0.05, 0.1) is 13.2 Å². The summed E-state index contributed by atoms with van der Waals surface area (Å²) < 4.78 is 10.8. The van der Waals surface area contributed by atoms with Crippen LogP contribution in [0, 0.1) is 17.8 Å². The van der Waals surface area contributed by atoms with Crippen LogP contribution in [0.1, 0.15) is 26.2 Å². The zero-order chi connectivity index (χ0) is 9.26. The van der Waals surface area contributed by atoms with E-state index in [4.69, 9.17) is 9.47 Å². The Morgan fingerprint density at radius 2 is 1.85 bits per heavy atom. The Balaban J connectivity index is 1.99. The maximum Gasteiger partial charge on any atom is 0.271 e. The molecule has 2 nitrogen and oxygen atoms in total. The van der Waals surface area contributed by atoms with Crippen molar-refractivity contribution in [3.05, 3.63) is 12.5 Å². The van der Waals surface area contributed by atoms with Crippen LogP contribution in [0.5, 0.6) is 0 Å². The molecule has 0 bridgehead atoms. The Hall–Kier alpha value is -0.660. The van der Waals surface area contributed by atoms with Gasteiger partial charge in [-0.15, -0.1) is 0 Å². The first-order chi connectivity index (χ1) is 6.25. The van der Waals surface area contributed by atoms with E-state index in [1.807, 2.05) is 0 Å². The van der Waals surface area contributed by atoms with E-state index in [0.29, 0.717) is 17.8 Å². The minimum Gasteiger partial charge on any atom is -0.466 e. The van der Waals surface area contributed by atoms with E-state index >= 15 is 0 Å². The Kier molecular flexibility index (Phi) is 2.47. The lowest BCUT2D eigenvalue weighted by atomic mass is 9.75. The van der Waals surface area contributed by atoms with Gasteiger partial charge in [-0.2, -0.15) is 0 Å². The summed E-state index contributed by atoms with van der Waals surface area (Å²) in [4.78, 5) is 0. The third-order valence-electron chi connectivity index (χ3n) is 3.32. The first-order valence-electron chi connectivity index (χ1n) is 5.20. The molecule has 0 aromatic rings. The number of fused-ring (bicyclic) bond motifs is 1. The van der Waals surface area contributed by atoms with Crippen LogP contribution in [-0.2, 0) is 9.47 Å². The Morgan fingerprint density at radius 1 is 1.15 bits per heavy atom. The van der Waals surface area contributed by atoms with Crippen molar-refractivity contribution in [1.82, 2.24) is 0 Å². The summed E-state index contributed by atoms with van der Waals surface area (Å²) in [6, 6.07) is 0. The molecule has 3 atom stereocenters. The molecular weight excluding hydrogens is 164 g/mol. The first kappa shape index (κ1) is 8.92. The van der Waals surface area contributed by atoms with Gasteiger partial charge >= 0.3 is 0 Å². The molecule has 13 heavy (non-hydrogen) atoms. The Morgan fingerprint density at radius 3 is 2.62 bits per heavy atom. The van der Waals surface area contributed by atoms with Gasteiger partial charge in [-0.3, -0.25) is 0 Å². The Bertz CT molecular complexity index is 200. The highest BCUT2D eigenvalue weighted by Gasteiger charge is 2.31. The van der Waals surface area contributed by atoms with Gasteiger partial charge in [-0.25, -0.2) is 0 Å². The van der Waals surface area contributed by atoms with Crippen molar-refractivity contribution in [2.45, 2.75) is 26.2 Å². The maximum absolute atomic E-state index is 5.40. The molecule has 1 heterocycles. The molecule has 0 N–H and O–H groups in total. The van der Waals surface area contributed by atoms with Crippen LogP contribution in [0.15, 0.2) is 12.5 Å². The number of rotatable bonds is 0. The van der Waals surface area contributed by atoms with Crippen molar-refractivity contribution in [3.63, 3.8) is 0 Å². The van der Waals surface area contributed by atoms with Crippen LogP contribution in [0.25, 0.3) is 0 Å². The van der Waals surface area contributed by atoms with E-state index in [9.17, 15) is 0 Å². The molecule has 0 amide bonds. The molecule has 1 saturated heterocycles. The highest BCUT2D eigenvalue weighted by Crippen LogP contribution is 2.36. The predicted octanol–water partition coefficient (Wildman–Crippen LogP) is 2.56. The lowest BCUT2D eigenvalue weighted by molar-refractivity contribution is 0.0570. The smallest absolute Gasteiger partial charge is 0.271 e. The zero-order valence-electron chi connectivity index (χ0n) is 8.29. The fraction of sp³-hybridized carbons (Fsp3) is 0.818. The van der Waals surface area contributed by atoms with Crippen molar-refractivity contribution in [2.24, 2.45) is 17.8 Å². The molecule has 1 aliphatic carbocycles. The molecular formula is C11H18O2. The van der Waals surface area contributed by atoms with E-state index in [1.54, 1.807) is 0 Å². The van der Waals surface area contributed by atoms with Crippen LogP contribution in [0.3, 0.4) is 0 Å². The van der Waals surface area contributed by atoms with Gasteiger partial charge in [0.25, 0.3) is 5.95 Å². The van der Waals surface area contributed by atoms with Gasteiger partial charge in [-0.1, -0.05) is 13.3 Å². The van der Waals surface area contributed by atoms with Crippen molar-refractivity contribution in [1.29, 1.82) is 0 Å². The van der Waals surface area contributed by atoms with Crippen LogP contribution in [0.2, 0.25) is 0 Å². The largest absolute Gasteiger partial charge is 0.466 e. The van der Waals surface area contributed by atoms with E-state index < -0.39 is 0 Å². The predicted molar refractivity (Wildman–Crippen MR) is 51.0 cm³/mol. The molecule has 0 radical (unpaired) electrons. The summed E-state index contributed by atoms with van der Waals surface area (Å²) in [5.74, 6) is 2.77. The number of ether oxygens (including phenoxy) is 2. The fourth-order valence-corrected chi connectivity index (χ4v) is 2.43. The van der Waals surface area contributed by atoms with Crippen LogP contribution < -0.4 is 0 Å². The first-order valence-corrected chi connectivity index (χ1v) is 5.20. The molecule has 74 valence electrons. The van der Waals surface area contributed by atoms with Gasteiger partial charge in [0.15, 0.2) is 0 Å². The van der Waals surface area contributed by atoms with Crippen molar-refractivity contribution in [2.75, 3.05) is 13.2 Å². The zero-order valence-corrected chi connectivity index (χ0v) is 8.29. The van der Waals surface area contributed by atoms with Crippen LogP contribution in [-0.4, -0.2) is 13.2 Å². The second-order valence-corrected chi connectivity index (χ2v) is 4.43. The minimum absolute atomic E-state index is 0.516. The number of hydrogen-bond acceptors (Lipinski definition) is 2. The van der Waals surface area contributed by atoms with E-state index in [1.165, 1.54) is 19.3 Å². The topological polar surface area (TPSA) is 18.5 Å². The van der Waals surface area contributed by atoms with E-state index in [-0.39, 0.29) is 0 Å². The van der Waals surface area contributed by atoms with Gasteiger partial charge in [0, 0.05) is 0 Å². The molecule has 0 spiro atoms. The second-order valence-electron chi connectivity index (χ2n) is 4.43. The summed E-state index contributed by atoms with van der Waals surface area (Å²) >= 11 is 0. The van der Waals surface area contributed by atoms with Crippen LogP contribution in [0.4, 0.5) is 0 Å². The molecule has 2 rings (SSSR count). The SMILES string of the molecule is C=C1OCC2CCC(C)CC2CO1. The average Bonchev–Trinajstić information content (AvgIpc) is 2.29. The van der Waals surface area contributed by atoms with Gasteiger partial charge in [0.1, 0.15) is 0 Å². The van der Waals surface area contributed by atoms with Gasteiger partial charge in [-0.05, 0) is 37.2 Å². The summed E-state index contributed by atoms with van der Waals surface area (Å²) in [6.07, 6.45) is 3.93. The van der Waals surface area contributed by atoms with E-state index in [0.717, 1.165) is 19.1 Å². The molecule has 0 aromatic carbocycles. The summed E-state index contributed by atoms with van der Waals surface area (Å²) in [5.41, 5.74) is 0. The summed E-state index contributed by atoms with van der Waals surface area (Å²) in [6.45, 7) is 7.67. The monoisotopic (exact) mass is 182 g/mol. The van der Waals surface area contributed by atoms with E-state index in [2.05, 4.69) is 13.5 Å². The van der Waals surface area contributed by atoms with Gasteiger partial charge < -0.3 is 9.47 Å². The Labute approximate surface area is 79.9 Å². The summed E-state index contributed by atoms with van der Waals surface area (Å²) in [5, 5.41) is 0. The van der Waals surface area contributed by atoms with Crippen molar-refractivity contribution >= 4 is 0 Å². The molecule has 2 fully saturated rings. The average molecular weight is 182 g/mol. The fourth-order valence-electron chi connectivity index (χ4n) is 2.43. The molecule has 2 heteroatoms. The molecule has 3 unspecified atom stereocenters. The third-order valence-corrected chi connectivity index (χ3v) is 3.32. The third kappa shape index (κ3) is 1.98. The normalized spacial score (nSPS) is 39.8.